The van der Waals surface area contributed by atoms with E-state index in [1.54, 1.807) is 18.3 Å². The molecule has 17 heavy (non-hydrogen) atoms. The maximum absolute atomic E-state index is 11.8. The smallest absolute Gasteiger partial charge is 0.251 e. The van der Waals surface area contributed by atoms with Crippen LogP contribution in [-0.4, -0.2) is 10.9 Å². The number of nitrogens with one attached hydrogen (secondary N) is 1. The Morgan fingerprint density at radius 1 is 1.24 bits per heavy atom. The highest BCUT2D eigenvalue weighted by Crippen LogP contribution is 2.11. The first-order valence-electron chi connectivity index (χ1n) is 5.19. The molecular formula is C13H11BrN2O. The molecule has 3 nitrogen and oxygen atoms in total. The monoisotopic (exact) mass is 290 g/mol. The molecule has 0 aliphatic carbocycles. The molecular weight excluding hydrogens is 280 g/mol. The third-order valence-electron chi connectivity index (χ3n) is 2.24. The van der Waals surface area contributed by atoms with Gasteiger partial charge in [0.25, 0.3) is 5.91 Å². The Labute approximate surface area is 108 Å². The summed E-state index contributed by atoms with van der Waals surface area (Å²) in [5.74, 6) is -0.100. The van der Waals surface area contributed by atoms with E-state index in [9.17, 15) is 4.79 Å². The summed E-state index contributed by atoms with van der Waals surface area (Å²) >= 11 is 3.33. The number of halogens is 1. The van der Waals surface area contributed by atoms with Gasteiger partial charge in [-0.2, -0.15) is 0 Å². The van der Waals surface area contributed by atoms with Crippen molar-refractivity contribution in [3.05, 3.63) is 64.4 Å². The fourth-order valence-corrected chi connectivity index (χ4v) is 1.80. The van der Waals surface area contributed by atoms with E-state index in [4.69, 9.17) is 0 Å². The zero-order valence-electron chi connectivity index (χ0n) is 9.06. The fourth-order valence-electron chi connectivity index (χ4n) is 1.41. The van der Waals surface area contributed by atoms with E-state index >= 15 is 0 Å². The molecule has 0 bridgehead atoms. The SMILES string of the molecule is O=C(NCc1ccccn1)c1cccc(Br)c1. The van der Waals surface area contributed by atoms with Crippen molar-refractivity contribution in [3.63, 3.8) is 0 Å². The summed E-state index contributed by atoms with van der Waals surface area (Å²) in [6.07, 6.45) is 1.71. The van der Waals surface area contributed by atoms with E-state index in [1.807, 2.05) is 30.3 Å². The quantitative estimate of drug-likeness (QED) is 0.944. The third-order valence-corrected chi connectivity index (χ3v) is 2.74. The van der Waals surface area contributed by atoms with Gasteiger partial charge in [0.05, 0.1) is 12.2 Å². The molecule has 0 saturated heterocycles. The molecule has 0 atom stereocenters. The van der Waals surface area contributed by atoms with Crippen molar-refractivity contribution in [1.82, 2.24) is 10.3 Å². The standard InChI is InChI=1S/C13H11BrN2O/c14-11-5-3-4-10(8-11)13(17)16-9-12-6-1-2-7-15-12/h1-8H,9H2,(H,16,17). The van der Waals surface area contributed by atoms with Crippen molar-refractivity contribution in [2.24, 2.45) is 0 Å². The second-order valence-corrected chi connectivity index (χ2v) is 4.43. The molecule has 2 rings (SSSR count). The molecule has 0 radical (unpaired) electrons. The van der Waals surface area contributed by atoms with Crippen LogP contribution in [0.3, 0.4) is 0 Å². The van der Waals surface area contributed by atoms with Gasteiger partial charge in [-0.3, -0.25) is 9.78 Å². The van der Waals surface area contributed by atoms with E-state index < -0.39 is 0 Å². The lowest BCUT2D eigenvalue weighted by Gasteiger charge is -2.04. The number of hydrogen-bond acceptors (Lipinski definition) is 2. The molecule has 0 aliphatic rings. The molecule has 0 aliphatic heterocycles. The average Bonchev–Trinajstić information content (AvgIpc) is 2.37. The van der Waals surface area contributed by atoms with Crippen molar-refractivity contribution in [3.8, 4) is 0 Å². The number of aromatic nitrogens is 1. The Bertz CT molecular complexity index is 514. The molecule has 1 aromatic carbocycles. The number of nitrogens with zero attached hydrogens (tertiary/aromatic N) is 1. The lowest BCUT2D eigenvalue weighted by atomic mass is 10.2. The number of hydrogen-bond donors (Lipinski definition) is 1. The highest BCUT2D eigenvalue weighted by atomic mass is 79.9. The van der Waals surface area contributed by atoms with Crippen molar-refractivity contribution in [2.75, 3.05) is 0 Å². The van der Waals surface area contributed by atoms with E-state index in [-0.39, 0.29) is 5.91 Å². The second-order valence-electron chi connectivity index (χ2n) is 3.51. The number of rotatable bonds is 3. The average molecular weight is 291 g/mol. The van der Waals surface area contributed by atoms with Gasteiger partial charge in [0.15, 0.2) is 0 Å². The van der Waals surface area contributed by atoms with E-state index in [2.05, 4.69) is 26.2 Å². The van der Waals surface area contributed by atoms with Gasteiger partial charge in [-0.1, -0.05) is 28.1 Å². The molecule has 1 amide bonds. The summed E-state index contributed by atoms with van der Waals surface area (Å²) in [5.41, 5.74) is 1.48. The summed E-state index contributed by atoms with van der Waals surface area (Å²) in [6.45, 7) is 0.437. The number of pyridine rings is 1. The predicted molar refractivity (Wildman–Crippen MR) is 69.5 cm³/mol. The van der Waals surface area contributed by atoms with Gasteiger partial charge in [0.1, 0.15) is 0 Å². The summed E-state index contributed by atoms with van der Waals surface area (Å²) in [7, 11) is 0. The molecule has 1 N–H and O–H groups in total. The Morgan fingerprint density at radius 3 is 2.82 bits per heavy atom. The maximum atomic E-state index is 11.8. The summed E-state index contributed by atoms with van der Waals surface area (Å²) in [4.78, 5) is 15.9. The molecule has 0 saturated carbocycles. The minimum Gasteiger partial charge on any atom is -0.346 e. The highest BCUT2D eigenvalue weighted by Gasteiger charge is 2.05. The van der Waals surface area contributed by atoms with Gasteiger partial charge >= 0.3 is 0 Å². The van der Waals surface area contributed by atoms with Crippen LogP contribution in [0.5, 0.6) is 0 Å². The molecule has 1 aromatic heterocycles. The topological polar surface area (TPSA) is 42.0 Å². The van der Waals surface area contributed by atoms with Crippen LogP contribution in [0.15, 0.2) is 53.1 Å². The van der Waals surface area contributed by atoms with Crippen molar-refractivity contribution >= 4 is 21.8 Å². The summed E-state index contributed by atoms with van der Waals surface area (Å²) in [5, 5.41) is 2.82. The van der Waals surface area contributed by atoms with Crippen LogP contribution in [0.4, 0.5) is 0 Å². The van der Waals surface area contributed by atoms with Gasteiger partial charge in [-0.15, -0.1) is 0 Å². The molecule has 2 aromatic rings. The Kier molecular flexibility index (Phi) is 3.88. The fraction of sp³-hybridized carbons (Fsp3) is 0.0769. The molecule has 1 heterocycles. The molecule has 0 fully saturated rings. The van der Waals surface area contributed by atoms with Crippen molar-refractivity contribution in [1.29, 1.82) is 0 Å². The number of benzene rings is 1. The zero-order valence-corrected chi connectivity index (χ0v) is 10.6. The predicted octanol–water partition coefficient (Wildman–Crippen LogP) is 2.77. The minimum atomic E-state index is -0.100. The Hall–Kier alpha value is -1.68. The summed E-state index contributed by atoms with van der Waals surface area (Å²) < 4.78 is 0.892. The number of carbonyl (C=O) groups is 1. The van der Waals surface area contributed by atoms with Crippen LogP contribution < -0.4 is 5.32 Å². The van der Waals surface area contributed by atoms with Crippen LogP contribution in [0.25, 0.3) is 0 Å². The van der Waals surface area contributed by atoms with Gasteiger partial charge in [0, 0.05) is 16.2 Å². The molecule has 0 spiro atoms. The van der Waals surface area contributed by atoms with Crippen LogP contribution in [0, 0.1) is 0 Å². The third kappa shape index (κ3) is 3.39. The minimum absolute atomic E-state index is 0.100. The number of carbonyl (C=O) groups excluding carboxylic acids is 1. The second kappa shape index (κ2) is 5.59. The molecule has 0 unspecified atom stereocenters. The summed E-state index contributed by atoms with van der Waals surface area (Å²) in [6, 6.07) is 12.9. The largest absolute Gasteiger partial charge is 0.346 e. The van der Waals surface area contributed by atoms with E-state index in [0.29, 0.717) is 12.1 Å². The van der Waals surface area contributed by atoms with Gasteiger partial charge in [0.2, 0.25) is 0 Å². The molecule has 4 heteroatoms. The first-order chi connectivity index (χ1) is 8.25. The van der Waals surface area contributed by atoms with Gasteiger partial charge < -0.3 is 5.32 Å². The highest BCUT2D eigenvalue weighted by molar-refractivity contribution is 9.10. The van der Waals surface area contributed by atoms with Crippen LogP contribution in [0.1, 0.15) is 16.1 Å². The van der Waals surface area contributed by atoms with E-state index in [1.165, 1.54) is 0 Å². The Morgan fingerprint density at radius 2 is 2.12 bits per heavy atom. The number of amides is 1. The van der Waals surface area contributed by atoms with Crippen LogP contribution in [-0.2, 0) is 6.54 Å². The first kappa shape index (κ1) is 11.8. The zero-order chi connectivity index (χ0) is 12.1. The van der Waals surface area contributed by atoms with Gasteiger partial charge in [-0.05, 0) is 30.3 Å². The van der Waals surface area contributed by atoms with Gasteiger partial charge in [-0.25, -0.2) is 0 Å². The maximum Gasteiger partial charge on any atom is 0.251 e. The molecule has 86 valence electrons. The normalized spacial score (nSPS) is 9.94. The van der Waals surface area contributed by atoms with Crippen molar-refractivity contribution < 1.29 is 4.79 Å². The van der Waals surface area contributed by atoms with Crippen molar-refractivity contribution in [2.45, 2.75) is 6.54 Å². The lowest BCUT2D eigenvalue weighted by molar-refractivity contribution is 0.0950. The Balaban J connectivity index is 1.98. The van der Waals surface area contributed by atoms with E-state index in [0.717, 1.165) is 10.2 Å². The van der Waals surface area contributed by atoms with Crippen LogP contribution >= 0.6 is 15.9 Å². The van der Waals surface area contributed by atoms with Crippen LogP contribution in [0.2, 0.25) is 0 Å². The first-order valence-corrected chi connectivity index (χ1v) is 5.99. The lowest BCUT2D eigenvalue weighted by Crippen LogP contribution is -2.23.